The average Bonchev–Trinajstić information content (AvgIpc) is 2.74. The van der Waals surface area contributed by atoms with Crippen LogP contribution in [-0.4, -0.2) is 9.97 Å². The maximum Gasteiger partial charge on any atom is 0.0944 e. The Bertz CT molecular complexity index is 341. The van der Waals surface area contributed by atoms with Crippen LogP contribution in [0.4, 0.5) is 0 Å². The van der Waals surface area contributed by atoms with Gasteiger partial charge in [-0.25, -0.2) is 4.98 Å². The van der Waals surface area contributed by atoms with Crippen LogP contribution in [0.1, 0.15) is 15.9 Å². The molecule has 2 aromatic rings. The van der Waals surface area contributed by atoms with Gasteiger partial charge in [-0.2, -0.15) is 0 Å². The number of nitrogens with two attached hydrogens (primary N) is 1. The number of hydrogen-bond acceptors (Lipinski definition) is 5. The second-order valence-electron chi connectivity index (χ2n) is 2.64. The normalized spacial score (nSPS) is 13.0. The van der Waals surface area contributed by atoms with E-state index in [1.165, 1.54) is 0 Å². The van der Waals surface area contributed by atoms with Crippen LogP contribution in [0.5, 0.6) is 0 Å². The minimum Gasteiger partial charge on any atom is -0.323 e. The molecule has 1 unspecified atom stereocenters. The molecule has 2 N–H and O–H groups in total. The zero-order chi connectivity index (χ0) is 9.10. The van der Waals surface area contributed by atoms with Crippen LogP contribution in [0.25, 0.3) is 0 Å². The van der Waals surface area contributed by atoms with Crippen LogP contribution in [0.3, 0.4) is 0 Å². The van der Waals surface area contributed by atoms with Crippen molar-refractivity contribution < 1.29 is 0 Å². The summed E-state index contributed by atoms with van der Waals surface area (Å²) in [6.07, 6.45) is 4.43. The Kier molecular flexibility index (Phi) is 2.68. The highest BCUT2D eigenvalue weighted by molar-refractivity contribution is 7.10. The first-order valence-electron chi connectivity index (χ1n) is 3.88. The highest BCUT2D eigenvalue weighted by atomic mass is 32.1. The Morgan fingerprint density at radius 3 is 3.00 bits per heavy atom. The molecule has 0 aromatic carbocycles. The summed E-state index contributed by atoms with van der Waals surface area (Å²) in [6, 6.07) is 0.0404. The summed E-state index contributed by atoms with van der Waals surface area (Å²) in [7, 11) is 0. The molecule has 68 valence electrons. The van der Waals surface area contributed by atoms with Crippen LogP contribution >= 0.6 is 22.7 Å². The number of hydrogen-bond donors (Lipinski definition) is 1. The topological polar surface area (TPSA) is 51.8 Å². The molecule has 0 aliphatic heterocycles. The van der Waals surface area contributed by atoms with Gasteiger partial charge >= 0.3 is 0 Å². The molecule has 0 fully saturated rings. The molecule has 1 atom stereocenters. The van der Waals surface area contributed by atoms with Gasteiger partial charge in [0.25, 0.3) is 0 Å². The van der Waals surface area contributed by atoms with Crippen molar-refractivity contribution in [3.8, 4) is 0 Å². The summed E-state index contributed by atoms with van der Waals surface area (Å²) in [5.74, 6) is 0. The first kappa shape index (κ1) is 8.80. The van der Waals surface area contributed by atoms with Gasteiger partial charge in [-0.05, 0) is 0 Å². The molecule has 5 heteroatoms. The van der Waals surface area contributed by atoms with Gasteiger partial charge in [0.15, 0.2) is 0 Å². The van der Waals surface area contributed by atoms with E-state index >= 15 is 0 Å². The van der Waals surface area contributed by atoms with Gasteiger partial charge in [0.1, 0.15) is 0 Å². The second-order valence-corrected chi connectivity index (χ2v) is 4.54. The molecule has 0 aliphatic rings. The second kappa shape index (κ2) is 3.95. The molecule has 0 saturated heterocycles. The molecule has 0 saturated carbocycles. The van der Waals surface area contributed by atoms with Crippen LogP contribution in [0.15, 0.2) is 23.3 Å². The number of aromatic nitrogens is 2. The minimum atomic E-state index is 0.0404. The molecule has 0 spiro atoms. The van der Waals surface area contributed by atoms with E-state index in [0.29, 0.717) is 0 Å². The van der Waals surface area contributed by atoms with Crippen molar-refractivity contribution in [2.45, 2.75) is 12.5 Å². The van der Waals surface area contributed by atoms with E-state index in [4.69, 9.17) is 5.73 Å². The fourth-order valence-corrected chi connectivity index (χ4v) is 2.35. The molecule has 2 rings (SSSR count). The van der Waals surface area contributed by atoms with Crippen molar-refractivity contribution in [3.63, 3.8) is 0 Å². The Morgan fingerprint density at radius 2 is 2.38 bits per heavy atom. The van der Waals surface area contributed by atoms with Crippen molar-refractivity contribution >= 4 is 22.7 Å². The lowest BCUT2D eigenvalue weighted by atomic mass is 10.2. The maximum atomic E-state index is 5.97. The van der Waals surface area contributed by atoms with E-state index in [1.54, 1.807) is 34.4 Å². The SMILES string of the molecule is NC(Cc1nccs1)c1cncs1. The number of nitrogens with zero attached hydrogens (tertiary/aromatic N) is 2. The molecule has 2 aromatic heterocycles. The molecule has 13 heavy (non-hydrogen) atoms. The summed E-state index contributed by atoms with van der Waals surface area (Å²) < 4.78 is 0. The highest BCUT2D eigenvalue weighted by Gasteiger charge is 2.09. The van der Waals surface area contributed by atoms with Crippen molar-refractivity contribution in [1.82, 2.24) is 9.97 Å². The summed E-state index contributed by atoms with van der Waals surface area (Å²) in [5, 5.41) is 3.05. The van der Waals surface area contributed by atoms with Crippen LogP contribution in [0.2, 0.25) is 0 Å². The quantitative estimate of drug-likeness (QED) is 0.842. The van der Waals surface area contributed by atoms with Gasteiger partial charge in [0, 0.05) is 35.1 Å². The number of rotatable bonds is 3. The fourth-order valence-electron chi connectivity index (χ4n) is 1.05. The van der Waals surface area contributed by atoms with E-state index < -0.39 is 0 Å². The average molecular weight is 211 g/mol. The van der Waals surface area contributed by atoms with E-state index in [1.807, 2.05) is 11.6 Å². The molecule has 2 heterocycles. The van der Waals surface area contributed by atoms with Gasteiger partial charge in [-0.1, -0.05) is 0 Å². The zero-order valence-corrected chi connectivity index (χ0v) is 8.52. The van der Waals surface area contributed by atoms with E-state index in [2.05, 4.69) is 9.97 Å². The van der Waals surface area contributed by atoms with Crippen molar-refractivity contribution in [1.29, 1.82) is 0 Å². The smallest absolute Gasteiger partial charge is 0.0944 e. The summed E-state index contributed by atoms with van der Waals surface area (Å²) in [5.41, 5.74) is 7.77. The third kappa shape index (κ3) is 2.12. The lowest BCUT2D eigenvalue weighted by Crippen LogP contribution is -2.11. The van der Waals surface area contributed by atoms with Crippen LogP contribution < -0.4 is 5.73 Å². The Morgan fingerprint density at radius 1 is 1.46 bits per heavy atom. The zero-order valence-electron chi connectivity index (χ0n) is 6.88. The molecule has 0 amide bonds. The van der Waals surface area contributed by atoms with Gasteiger partial charge in [0.05, 0.1) is 10.5 Å². The molecule has 0 aliphatic carbocycles. The Hall–Kier alpha value is -0.780. The van der Waals surface area contributed by atoms with Gasteiger partial charge < -0.3 is 5.73 Å². The summed E-state index contributed by atoms with van der Waals surface area (Å²) in [4.78, 5) is 9.30. The van der Waals surface area contributed by atoms with Crippen LogP contribution in [-0.2, 0) is 6.42 Å². The Labute approximate surface area is 84.3 Å². The summed E-state index contributed by atoms with van der Waals surface area (Å²) >= 11 is 3.24. The predicted molar refractivity (Wildman–Crippen MR) is 54.9 cm³/mol. The van der Waals surface area contributed by atoms with E-state index in [0.717, 1.165) is 16.3 Å². The maximum absolute atomic E-state index is 5.97. The Balaban J connectivity index is 2.04. The molecular weight excluding hydrogens is 202 g/mol. The monoisotopic (exact) mass is 211 g/mol. The summed E-state index contributed by atoms with van der Waals surface area (Å²) in [6.45, 7) is 0. The molecular formula is C8H9N3S2. The first-order valence-corrected chi connectivity index (χ1v) is 5.64. The van der Waals surface area contributed by atoms with Crippen molar-refractivity contribution in [2.24, 2.45) is 5.73 Å². The largest absolute Gasteiger partial charge is 0.323 e. The third-order valence-electron chi connectivity index (χ3n) is 1.69. The lowest BCUT2D eigenvalue weighted by Gasteiger charge is -2.05. The van der Waals surface area contributed by atoms with E-state index in [-0.39, 0.29) is 6.04 Å². The minimum absolute atomic E-state index is 0.0404. The fraction of sp³-hybridized carbons (Fsp3) is 0.250. The van der Waals surface area contributed by atoms with Crippen LogP contribution in [0, 0.1) is 0 Å². The third-order valence-corrected chi connectivity index (χ3v) is 3.40. The first-order chi connectivity index (χ1) is 6.36. The molecule has 0 radical (unpaired) electrons. The molecule has 0 bridgehead atoms. The molecule has 3 nitrogen and oxygen atoms in total. The lowest BCUT2D eigenvalue weighted by molar-refractivity contribution is 0.730. The standard InChI is InChI=1S/C8H9N3S2/c9-6(7-4-10-5-13-7)3-8-11-1-2-12-8/h1-2,4-6H,3,9H2. The van der Waals surface area contributed by atoms with E-state index in [9.17, 15) is 0 Å². The van der Waals surface area contributed by atoms with Gasteiger partial charge in [0.2, 0.25) is 0 Å². The van der Waals surface area contributed by atoms with Crippen molar-refractivity contribution in [2.75, 3.05) is 0 Å². The van der Waals surface area contributed by atoms with Gasteiger partial charge in [-0.3, -0.25) is 4.98 Å². The predicted octanol–water partition coefficient (Wildman–Crippen LogP) is 1.84. The van der Waals surface area contributed by atoms with Gasteiger partial charge in [-0.15, -0.1) is 22.7 Å². The van der Waals surface area contributed by atoms with Crippen molar-refractivity contribution in [3.05, 3.63) is 33.2 Å². The highest BCUT2D eigenvalue weighted by Crippen LogP contribution is 2.19. The number of thiazole rings is 2.